The summed E-state index contributed by atoms with van der Waals surface area (Å²) in [4.78, 5) is 22.3. The molecule has 28 heavy (non-hydrogen) atoms. The van der Waals surface area contributed by atoms with Gasteiger partial charge in [0, 0.05) is 16.9 Å². The minimum absolute atomic E-state index is 0.208. The van der Waals surface area contributed by atoms with Crippen molar-refractivity contribution in [1.29, 1.82) is 0 Å². The highest BCUT2D eigenvalue weighted by Gasteiger charge is 2.14. The molecule has 0 aliphatic heterocycles. The van der Waals surface area contributed by atoms with Crippen LogP contribution in [-0.4, -0.2) is 22.5 Å². The number of aromatic nitrogens is 2. The van der Waals surface area contributed by atoms with Crippen LogP contribution in [0, 0.1) is 0 Å². The Hall–Kier alpha value is -2.73. The first-order valence-corrected chi connectivity index (χ1v) is 10.5. The van der Waals surface area contributed by atoms with Crippen molar-refractivity contribution < 1.29 is 9.53 Å². The van der Waals surface area contributed by atoms with E-state index in [0.29, 0.717) is 6.61 Å². The summed E-state index contributed by atoms with van der Waals surface area (Å²) in [5, 5.41) is 5.48. The van der Waals surface area contributed by atoms with Gasteiger partial charge >= 0.3 is 5.97 Å². The Kier molecular flexibility index (Phi) is 6.76. The van der Waals surface area contributed by atoms with Gasteiger partial charge in [-0.25, -0.2) is 9.97 Å². The van der Waals surface area contributed by atoms with Gasteiger partial charge in [0.2, 0.25) is 0 Å². The quantitative estimate of drug-likeness (QED) is 0.533. The number of nitrogens with one attached hydrogen (secondary N) is 1. The first-order valence-electron chi connectivity index (χ1n) is 9.59. The van der Waals surface area contributed by atoms with Crippen LogP contribution >= 0.6 is 11.3 Å². The fourth-order valence-electron chi connectivity index (χ4n) is 3.04. The van der Waals surface area contributed by atoms with E-state index in [1.807, 2.05) is 48.7 Å². The van der Waals surface area contributed by atoms with E-state index in [4.69, 9.17) is 14.7 Å². The summed E-state index contributed by atoms with van der Waals surface area (Å²) in [7, 11) is 0. The molecule has 5 nitrogen and oxygen atoms in total. The molecule has 0 aliphatic rings. The Morgan fingerprint density at radius 1 is 1.07 bits per heavy atom. The van der Waals surface area contributed by atoms with Crippen LogP contribution in [0.5, 0.6) is 0 Å². The summed E-state index contributed by atoms with van der Waals surface area (Å²) < 4.78 is 5.01. The Morgan fingerprint density at radius 2 is 1.86 bits per heavy atom. The fourth-order valence-corrected chi connectivity index (χ4v) is 3.69. The highest BCUT2D eigenvalue weighted by Crippen LogP contribution is 2.28. The summed E-state index contributed by atoms with van der Waals surface area (Å²) in [6.07, 6.45) is 2.00. The lowest BCUT2D eigenvalue weighted by atomic mass is 10.1. The van der Waals surface area contributed by atoms with E-state index in [2.05, 4.69) is 19.2 Å². The first-order chi connectivity index (χ1) is 13.6. The molecule has 0 unspecified atom stereocenters. The van der Waals surface area contributed by atoms with Crippen LogP contribution < -0.4 is 5.32 Å². The molecule has 0 fully saturated rings. The van der Waals surface area contributed by atoms with Crippen LogP contribution in [0.2, 0.25) is 0 Å². The molecule has 0 amide bonds. The maximum absolute atomic E-state index is 11.6. The number of hydrogen-bond acceptors (Lipinski definition) is 6. The molecular formula is C22H25N3O2S. The average Bonchev–Trinajstić information content (AvgIpc) is 3.24. The lowest BCUT2D eigenvalue weighted by Gasteiger charge is -2.15. The molecule has 3 aromatic rings. The lowest BCUT2D eigenvalue weighted by molar-refractivity contribution is -0.142. The van der Waals surface area contributed by atoms with Gasteiger partial charge in [-0.2, -0.15) is 0 Å². The van der Waals surface area contributed by atoms with Crippen LogP contribution in [0.15, 0.2) is 41.8 Å². The van der Waals surface area contributed by atoms with E-state index in [0.717, 1.165) is 51.9 Å². The smallest absolute Gasteiger partial charge is 0.310 e. The molecule has 0 radical (unpaired) electrons. The Morgan fingerprint density at radius 3 is 2.46 bits per heavy atom. The van der Waals surface area contributed by atoms with E-state index < -0.39 is 0 Å². The predicted octanol–water partition coefficient (Wildman–Crippen LogP) is 5.18. The van der Waals surface area contributed by atoms with E-state index in [-0.39, 0.29) is 12.4 Å². The van der Waals surface area contributed by atoms with Gasteiger partial charge in [-0.05, 0) is 48.9 Å². The van der Waals surface area contributed by atoms with Crippen molar-refractivity contribution >= 4 is 28.8 Å². The zero-order valence-corrected chi connectivity index (χ0v) is 17.3. The zero-order chi connectivity index (χ0) is 19.9. The van der Waals surface area contributed by atoms with Gasteiger partial charge in [-0.1, -0.05) is 32.0 Å². The third kappa shape index (κ3) is 4.75. The van der Waals surface area contributed by atoms with Gasteiger partial charge in [-0.15, -0.1) is 11.3 Å². The van der Waals surface area contributed by atoms with Gasteiger partial charge in [-0.3, -0.25) is 4.79 Å². The largest absolute Gasteiger partial charge is 0.466 e. The van der Waals surface area contributed by atoms with Crippen molar-refractivity contribution in [1.82, 2.24) is 9.97 Å². The molecule has 1 N–H and O–H groups in total. The fraction of sp³-hybridized carbons (Fsp3) is 0.318. The second-order valence-electron chi connectivity index (χ2n) is 6.31. The van der Waals surface area contributed by atoms with Crippen LogP contribution in [0.25, 0.3) is 10.7 Å². The number of esters is 1. The van der Waals surface area contributed by atoms with Crippen molar-refractivity contribution in [3.8, 4) is 10.7 Å². The molecule has 6 heteroatoms. The van der Waals surface area contributed by atoms with Crippen molar-refractivity contribution in [2.45, 2.75) is 40.0 Å². The summed E-state index contributed by atoms with van der Waals surface area (Å²) >= 11 is 1.64. The van der Waals surface area contributed by atoms with Crippen molar-refractivity contribution in [2.24, 2.45) is 0 Å². The number of carbonyl (C=O) groups excluding carboxylic acids is 1. The van der Waals surface area contributed by atoms with Crippen LogP contribution in [0.1, 0.15) is 37.6 Å². The lowest BCUT2D eigenvalue weighted by Crippen LogP contribution is -2.08. The molecule has 0 aliphatic carbocycles. The van der Waals surface area contributed by atoms with Gasteiger partial charge in [0.15, 0.2) is 5.82 Å². The molecule has 0 saturated heterocycles. The molecule has 2 heterocycles. The molecule has 3 rings (SSSR count). The van der Waals surface area contributed by atoms with E-state index in [1.165, 1.54) is 0 Å². The van der Waals surface area contributed by atoms with Crippen LogP contribution in [-0.2, 0) is 28.8 Å². The normalized spacial score (nSPS) is 10.7. The van der Waals surface area contributed by atoms with Crippen LogP contribution in [0.4, 0.5) is 11.5 Å². The van der Waals surface area contributed by atoms with Crippen LogP contribution in [0.3, 0.4) is 0 Å². The topological polar surface area (TPSA) is 64.1 Å². The van der Waals surface area contributed by atoms with Crippen molar-refractivity contribution in [3.05, 3.63) is 58.6 Å². The number of thiophene rings is 1. The minimum Gasteiger partial charge on any atom is -0.466 e. The number of ether oxygens (including phenoxy) is 1. The number of nitrogens with zero attached hydrogens (tertiary/aromatic N) is 2. The standard InChI is InChI=1S/C22H25N3O2S/c1-4-17-18(5-2)24-22(19-8-7-13-28-19)25-21(17)23-16-11-9-15(10-12-16)14-20(26)27-6-3/h7-13H,4-6,14H2,1-3H3,(H,23,24,25). The Bertz CT molecular complexity index is 922. The summed E-state index contributed by atoms with van der Waals surface area (Å²) in [5.74, 6) is 1.39. The summed E-state index contributed by atoms with van der Waals surface area (Å²) in [6.45, 7) is 6.45. The highest BCUT2D eigenvalue weighted by molar-refractivity contribution is 7.13. The number of hydrogen-bond donors (Lipinski definition) is 1. The molecule has 0 atom stereocenters. The van der Waals surface area contributed by atoms with Crippen molar-refractivity contribution in [3.63, 3.8) is 0 Å². The Balaban J connectivity index is 1.86. The predicted molar refractivity (Wildman–Crippen MR) is 114 cm³/mol. The first kappa shape index (κ1) is 20.0. The number of rotatable bonds is 8. The molecule has 1 aromatic carbocycles. The van der Waals surface area contributed by atoms with Gasteiger partial charge in [0.05, 0.1) is 17.9 Å². The van der Waals surface area contributed by atoms with Gasteiger partial charge in [0.25, 0.3) is 0 Å². The highest BCUT2D eigenvalue weighted by atomic mass is 32.1. The zero-order valence-electron chi connectivity index (χ0n) is 16.5. The van der Waals surface area contributed by atoms with E-state index >= 15 is 0 Å². The Labute approximate surface area is 169 Å². The molecule has 146 valence electrons. The number of carbonyl (C=O) groups is 1. The van der Waals surface area contributed by atoms with Gasteiger partial charge < -0.3 is 10.1 Å². The average molecular weight is 396 g/mol. The third-order valence-electron chi connectivity index (χ3n) is 4.39. The molecular weight excluding hydrogens is 370 g/mol. The van der Waals surface area contributed by atoms with E-state index in [9.17, 15) is 4.79 Å². The maximum atomic E-state index is 11.6. The summed E-state index contributed by atoms with van der Waals surface area (Å²) in [6, 6.07) is 11.9. The molecule has 2 aromatic heterocycles. The number of aryl methyl sites for hydroxylation is 1. The minimum atomic E-state index is -0.208. The molecule has 0 saturated carbocycles. The third-order valence-corrected chi connectivity index (χ3v) is 5.26. The molecule has 0 bridgehead atoms. The van der Waals surface area contributed by atoms with Gasteiger partial charge in [0.1, 0.15) is 5.82 Å². The SMILES string of the molecule is CCOC(=O)Cc1ccc(Nc2nc(-c3cccs3)nc(CC)c2CC)cc1. The number of benzene rings is 1. The second kappa shape index (κ2) is 9.46. The number of anilines is 2. The molecule has 0 spiro atoms. The summed E-state index contributed by atoms with van der Waals surface area (Å²) in [5.41, 5.74) is 4.07. The van der Waals surface area contributed by atoms with E-state index in [1.54, 1.807) is 11.3 Å². The second-order valence-corrected chi connectivity index (χ2v) is 7.26. The van der Waals surface area contributed by atoms with Crippen molar-refractivity contribution in [2.75, 3.05) is 11.9 Å². The maximum Gasteiger partial charge on any atom is 0.310 e. The monoisotopic (exact) mass is 395 g/mol.